The molecule has 5 rings (SSSR count). The van der Waals surface area contributed by atoms with Crippen LogP contribution in [0.5, 0.6) is 0 Å². The second kappa shape index (κ2) is 10.7. The monoisotopic (exact) mass is 488 g/mol. The van der Waals surface area contributed by atoms with Crippen molar-refractivity contribution in [1.29, 1.82) is 0 Å². The van der Waals surface area contributed by atoms with Gasteiger partial charge in [-0.25, -0.2) is 4.39 Å². The van der Waals surface area contributed by atoms with Crippen LogP contribution in [0.4, 0.5) is 4.39 Å². The second-order valence-electron chi connectivity index (χ2n) is 9.02. The number of hydrogen-bond acceptors (Lipinski definition) is 3. The van der Waals surface area contributed by atoms with Gasteiger partial charge in [0.2, 0.25) is 0 Å². The maximum atomic E-state index is 13.1. The van der Waals surface area contributed by atoms with Crippen LogP contribution >= 0.6 is 11.9 Å². The lowest BCUT2D eigenvalue weighted by Gasteiger charge is -2.30. The van der Waals surface area contributed by atoms with Crippen LogP contribution in [0.2, 0.25) is 0 Å². The topological polar surface area (TPSA) is 43.3 Å². The lowest BCUT2D eigenvalue weighted by atomic mass is 9.81. The van der Waals surface area contributed by atoms with Crippen molar-refractivity contribution in [2.45, 2.75) is 49.1 Å². The van der Waals surface area contributed by atoms with Crippen molar-refractivity contribution < 1.29 is 13.9 Å². The van der Waals surface area contributed by atoms with E-state index >= 15 is 0 Å². The molecule has 1 aliphatic rings. The maximum Gasteiger partial charge on any atom is 0.251 e. The number of aromatic nitrogens is 1. The van der Waals surface area contributed by atoms with Crippen molar-refractivity contribution in [2.75, 3.05) is 7.11 Å². The number of benzene rings is 3. The summed E-state index contributed by atoms with van der Waals surface area (Å²) < 4.78 is 21.1. The van der Waals surface area contributed by atoms with Crippen molar-refractivity contribution in [3.63, 3.8) is 0 Å². The Bertz CT molecular complexity index is 1300. The first-order valence-corrected chi connectivity index (χ1v) is 12.8. The molecule has 0 saturated heterocycles. The number of ether oxygens (including phenoxy) is 1. The molecule has 1 fully saturated rings. The van der Waals surface area contributed by atoms with Crippen molar-refractivity contribution in [3.8, 4) is 0 Å². The molecular formula is C29H29FN2O2S. The first-order chi connectivity index (χ1) is 17.1. The van der Waals surface area contributed by atoms with E-state index in [4.69, 9.17) is 4.74 Å². The van der Waals surface area contributed by atoms with Gasteiger partial charge in [0.05, 0.1) is 11.6 Å². The zero-order valence-electron chi connectivity index (χ0n) is 19.7. The third-order valence-electron chi connectivity index (χ3n) is 6.80. The molecule has 3 aromatic carbocycles. The van der Waals surface area contributed by atoms with E-state index in [2.05, 4.69) is 39.8 Å². The Morgan fingerprint density at radius 1 is 1.03 bits per heavy atom. The number of amides is 1. The fourth-order valence-electron chi connectivity index (χ4n) is 4.95. The summed E-state index contributed by atoms with van der Waals surface area (Å²) in [6.07, 6.45) is 7.26. The Balaban J connectivity index is 1.31. The molecule has 1 aliphatic carbocycles. The van der Waals surface area contributed by atoms with E-state index in [0.717, 1.165) is 23.3 Å². The first kappa shape index (κ1) is 23.6. The van der Waals surface area contributed by atoms with E-state index < -0.39 is 0 Å². The average Bonchev–Trinajstić information content (AvgIpc) is 3.26. The maximum absolute atomic E-state index is 13.1. The minimum atomic E-state index is -0.284. The van der Waals surface area contributed by atoms with Crippen LogP contribution in [0.1, 0.15) is 53.1 Å². The number of rotatable bonds is 7. The van der Waals surface area contributed by atoms with Gasteiger partial charge in [0.1, 0.15) is 5.82 Å². The summed E-state index contributed by atoms with van der Waals surface area (Å²) in [4.78, 5) is 13.6. The molecule has 1 amide bonds. The highest BCUT2D eigenvalue weighted by Crippen LogP contribution is 2.40. The van der Waals surface area contributed by atoms with Gasteiger partial charge in [0, 0.05) is 41.6 Å². The summed E-state index contributed by atoms with van der Waals surface area (Å²) >= 11 is 1.65. The van der Waals surface area contributed by atoms with Crippen LogP contribution in [0, 0.1) is 5.82 Å². The molecule has 4 aromatic rings. The molecule has 35 heavy (non-hydrogen) atoms. The van der Waals surface area contributed by atoms with Crippen LogP contribution in [0.3, 0.4) is 0 Å². The highest BCUT2D eigenvalue weighted by Gasteiger charge is 2.29. The number of fused-ring (bicyclic) bond motifs is 1. The quantitative estimate of drug-likeness (QED) is 0.306. The fourth-order valence-corrected chi connectivity index (χ4v) is 5.86. The van der Waals surface area contributed by atoms with E-state index in [0.29, 0.717) is 18.0 Å². The third-order valence-corrected chi connectivity index (χ3v) is 7.78. The van der Waals surface area contributed by atoms with Crippen molar-refractivity contribution in [3.05, 3.63) is 102 Å². The highest BCUT2D eigenvalue weighted by atomic mass is 32.2. The zero-order valence-corrected chi connectivity index (χ0v) is 20.6. The van der Waals surface area contributed by atoms with Gasteiger partial charge >= 0.3 is 0 Å². The number of nitrogens with one attached hydrogen (secondary N) is 1. The molecule has 0 bridgehead atoms. The van der Waals surface area contributed by atoms with Gasteiger partial charge in [0.15, 0.2) is 0 Å². The molecule has 180 valence electrons. The van der Waals surface area contributed by atoms with E-state index in [9.17, 15) is 9.18 Å². The Hall–Kier alpha value is -3.09. The van der Waals surface area contributed by atoms with Crippen LogP contribution in [-0.4, -0.2) is 23.1 Å². The van der Waals surface area contributed by atoms with E-state index in [-0.39, 0.29) is 17.8 Å². The molecule has 2 atom stereocenters. The minimum Gasteiger partial charge on any atom is -0.381 e. The molecule has 0 spiro atoms. The molecule has 4 nitrogen and oxygen atoms in total. The largest absolute Gasteiger partial charge is 0.381 e. The predicted molar refractivity (Wildman–Crippen MR) is 139 cm³/mol. The summed E-state index contributed by atoms with van der Waals surface area (Å²) in [5.74, 6) is -0.0248. The average molecular weight is 489 g/mol. The Kier molecular flexibility index (Phi) is 7.21. The third kappa shape index (κ3) is 5.29. The minimum absolute atomic E-state index is 0.150. The van der Waals surface area contributed by atoms with Crippen LogP contribution in [0.15, 0.2) is 83.9 Å². The lowest BCUT2D eigenvalue weighted by molar-refractivity contribution is 0.0527. The Morgan fingerprint density at radius 2 is 1.77 bits per heavy atom. The van der Waals surface area contributed by atoms with E-state index in [1.54, 1.807) is 24.1 Å². The van der Waals surface area contributed by atoms with Gasteiger partial charge in [-0.05, 0) is 78.4 Å². The van der Waals surface area contributed by atoms with Gasteiger partial charge in [-0.2, -0.15) is 0 Å². The standard InChI is InChI=1S/C29H29FN2O2S/c1-34-28-9-5-3-7-25(28)26-19-32(27-8-4-2-6-24(26)27)35-23-16-12-21(13-17-23)29(33)31-18-20-10-14-22(30)15-11-20/h2,4,6,8,10-17,19,25,28H,3,5,7,9,18H2,1H3,(H,31,33). The second-order valence-corrected chi connectivity index (χ2v) is 10.1. The summed E-state index contributed by atoms with van der Waals surface area (Å²) in [7, 11) is 1.83. The molecule has 1 aromatic heterocycles. The SMILES string of the molecule is COC1CCCCC1c1cn(Sc2ccc(C(=O)NCc3ccc(F)cc3)cc2)c2ccccc12. The van der Waals surface area contributed by atoms with E-state index in [1.165, 1.54) is 41.4 Å². The van der Waals surface area contributed by atoms with Crippen LogP contribution in [-0.2, 0) is 11.3 Å². The smallest absolute Gasteiger partial charge is 0.251 e. The summed E-state index contributed by atoms with van der Waals surface area (Å²) in [5, 5.41) is 4.18. The lowest BCUT2D eigenvalue weighted by Crippen LogP contribution is -2.24. The Labute approximate surface area is 209 Å². The number of carbonyl (C=O) groups excluding carboxylic acids is 1. The van der Waals surface area contributed by atoms with Crippen molar-refractivity contribution in [1.82, 2.24) is 9.29 Å². The molecule has 1 N–H and O–H groups in total. The van der Waals surface area contributed by atoms with Crippen LogP contribution < -0.4 is 5.32 Å². The molecule has 0 radical (unpaired) electrons. The summed E-state index contributed by atoms with van der Waals surface area (Å²) in [6.45, 7) is 0.359. The molecule has 0 aliphatic heterocycles. The van der Waals surface area contributed by atoms with Gasteiger partial charge in [-0.3, -0.25) is 8.77 Å². The number of hydrogen-bond donors (Lipinski definition) is 1. The molecule has 6 heteroatoms. The Morgan fingerprint density at radius 3 is 2.54 bits per heavy atom. The fraction of sp³-hybridized carbons (Fsp3) is 0.276. The van der Waals surface area contributed by atoms with Crippen molar-refractivity contribution in [2.24, 2.45) is 0 Å². The number of carbonyl (C=O) groups is 1. The number of halogens is 1. The van der Waals surface area contributed by atoms with E-state index in [1.807, 2.05) is 31.4 Å². The normalized spacial score (nSPS) is 18.0. The molecule has 2 unspecified atom stereocenters. The first-order valence-electron chi connectivity index (χ1n) is 12.1. The van der Waals surface area contributed by atoms with Crippen LogP contribution in [0.25, 0.3) is 10.9 Å². The summed E-state index contributed by atoms with van der Waals surface area (Å²) in [5.41, 5.74) is 4.00. The zero-order chi connectivity index (χ0) is 24.2. The number of nitrogens with zero attached hydrogens (tertiary/aromatic N) is 1. The number of para-hydroxylation sites is 1. The van der Waals surface area contributed by atoms with Gasteiger partial charge < -0.3 is 10.1 Å². The number of methoxy groups -OCH3 is 1. The predicted octanol–water partition coefficient (Wildman–Crippen LogP) is 6.94. The van der Waals surface area contributed by atoms with Crippen molar-refractivity contribution >= 4 is 28.8 Å². The van der Waals surface area contributed by atoms with Gasteiger partial charge in [0.25, 0.3) is 5.91 Å². The summed E-state index contributed by atoms with van der Waals surface area (Å²) in [6, 6.07) is 22.3. The highest BCUT2D eigenvalue weighted by molar-refractivity contribution is 7.98. The molecule has 1 saturated carbocycles. The van der Waals surface area contributed by atoms with Gasteiger partial charge in [-0.15, -0.1) is 0 Å². The molecule has 1 heterocycles. The molecular weight excluding hydrogens is 459 g/mol. The van der Waals surface area contributed by atoms with Gasteiger partial charge in [-0.1, -0.05) is 43.2 Å².